The zero-order valence-electron chi connectivity index (χ0n) is 12.5. The molecule has 0 saturated carbocycles. The van der Waals surface area contributed by atoms with E-state index in [2.05, 4.69) is 10.4 Å². The van der Waals surface area contributed by atoms with Crippen LogP contribution in [0.25, 0.3) is 0 Å². The van der Waals surface area contributed by atoms with Gasteiger partial charge in [-0.1, -0.05) is 0 Å². The zero-order chi connectivity index (χ0) is 15.1. The first-order valence-corrected chi connectivity index (χ1v) is 7.42. The maximum atomic E-state index is 12.1. The minimum Gasteiger partial charge on any atom is -0.341 e. The van der Waals surface area contributed by atoms with Crippen LogP contribution in [0.4, 0.5) is 4.79 Å². The number of hydrogen-bond donors (Lipinski definition) is 1. The van der Waals surface area contributed by atoms with Crippen LogP contribution >= 0.6 is 0 Å². The van der Waals surface area contributed by atoms with Crippen molar-refractivity contribution in [3.8, 4) is 0 Å². The molecule has 0 bridgehead atoms. The van der Waals surface area contributed by atoms with Crippen LogP contribution in [-0.2, 0) is 11.3 Å². The number of rotatable bonds is 4. The van der Waals surface area contributed by atoms with E-state index < -0.39 is 0 Å². The molecule has 2 heterocycles. The van der Waals surface area contributed by atoms with Gasteiger partial charge in [0.05, 0.1) is 0 Å². The Bertz CT molecular complexity index is 460. The largest absolute Gasteiger partial charge is 0.341 e. The normalized spacial score (nSPS) is 15.7. The standard InChI is InChI=1S/C14H23N5O2/c1-13(20)17-7-4-8-18(12-11-17)14(21)15-5-2-9-19-10-3-6-16-19/h3,6,10H,2,4-5,7-9,11-12H2,1H3,(H,15,21). The van der Waals surface area contributed by atoms with Crippen LogP contribution in [0.1, 0.15) is 19.8 Å². The first kappa shape index (κ1) is 15.3. The van der Waals surface area contributed by atoms with E-state index in [0.29, 0.717) is 26.2 Å². The molecule has 1 aromatic heterocycles. The lowest BCUT2D eigenvalue weighted by molar-refractivity contribution is -0.128. The van der Waals surface area contributed by atoms with Gasteiger partial charge in [-0.25, -0.2) is 4.79 Å². The minimum absolute atomic E-state index is 0.0409. The van der Waals surface area contributed by atoms with E-state index in [9.17, 15) is 9.59 Å². The Balaban J connectivity index is 1.67. The Morgan fingerprint density at radius 3 is 2.67 bits per heavy atom. The molecule has 0 radical (unpaired) electrons. The third-order valence-corrected chi connectivity index (χ3v) is 3.63. The Morgan fingerprint density at radius 1 is 1.19 bits per heavy atom. The van der Waals surface area contributed by atoms with Crippen molar-refractivity contribution in [1.82, 2.24) is 24.9 Å². The number of carbonyl (C=O) groups excluding carboxylic acids is 2. The topological polar surface area (TPSA) is 70.5 Å². The molecule has 7 nitrogen and oxygen atoms in total. The summed E-state index contributed by atoms with van der Waals surface area (Å²) in [6.45, 7) is 5.66. The number of hydrogen-bond acceptors (Lipinski definition) is 3. The molecule has 0 aliphatic carbocycles. The predicted molar refractivity (Wildman–Crippen MR) is 78.7 cm³/mol. The first-order valence-electron chi connectivity index (χ1n) is 7.42. The van der Waals surface area contributed by atoms with Crippen LogP contribution in [0.5, 0.6) is 0 Å². The summed E-state index contributed by atoms with van der Waals surface area (Å²) < 4.78 is 1.85. The van der Waals surface area contributed by atoms with Gasteiger partial charge in [-0.15, -0.1) is 0 Å². The lowest BCUT2D eigenvalue weighted by Gasteiger charge is -2.21. The lowest BCUT2D eigenvalue weighted by atomic mass is 10.4. The summed E-state index contributed by atoms with van der Waals surface area (Å²) in [6, 6.07) is 1.84. The molecule has 1 N–H and O–H groups in total. The van der Waals surface area contributed by atoms with E-state index in [4.69, 9.17) is 0 Å². The van der Waals surface area contributed by atoms with Gasteiger partial charge in [0.25, 0.3) is 0 Å². The molecule has 0 unspecified atom stereocenters. The van der Waals surface area contributed by atoms with Gasteiger partial charge in [-0.2, -0.15) is 5.10 Å². The van der Waals surface area contributed by atoms with E-state index >= 15 is 0 Å². The van der Waals surface area contributed by atoms with Gasteiger partial charge in [0, 0.05) is 58.6 Å². The van der Waals surface area contributed by atoms with Crippen LogP contribution in [0.3, 0.4) is 0 Å². The molecule has 2 rings (SSSR count). The molecule has 1 aliphatic heterocycles. The van der Waals surface area contributed by atoms with E-state index in [0.717, 1.165) is 25.9 Å². The molecule has 1 aliphatic rings. The second-order valence-electron chi connectivity index (χ2n) is 5.20. The van der Waals surface area contributed by atoms with Crippen molar-refractivity contribution in [2.45, 2.75) is 26.3 Å². The Labute approximate surface area is 124 Å². The van der Waals surface area contributed by atoms with Crippen molar-refractivity contribution in [3.63, 3.8) is 0 Å². The molecule has 1 fully saturated rings. The molecule has 116 valence electrons. The van der Waals surface area contributed by atoms with Gasteiger partial charge < -0.3 is 15.1 Å². The van der Waals surface area contributed by atoms with Crippen molar-refractivity contribution >= 4 is 11.9 Å². The maximum Gasteiger partial charge on any atom is 0.317 e. The highest BCUT2D eigenvalue weighted by Gasteiger charge is 2.19. The quantitative estimate of drug-likeness (QED) is 0.824. The number of aryl methyl sites for hydroxylation is 1. The maximum absolute atomic E-state index is 12.1. The second-order valence-corrected chi connectivity index (χ2v) is 5.20. The number of amides is 3. The van der Waals surface area contributed by atoms with E-state index in [1.807, 2.05) is 16.9 Å². The molecular formula is C14H23N5O2. The van der Waals surface area contributed by atoms with Gasteiger partial charge in [0.15, 0.2) is 0 Å². The number of nitrogens with one attached hydrogen (secondary N) is 1. The first-order chi connectivity index (χ1) is 10.2. The van der Waals surface area contributed by atoms with Gasteiger partial charge in [-0.05, 0) is 18.9 Å². The zero-order valence-corrected chi connectivity index (χ0v) is 12.5. The molecule has 0 aromatic carbocycles. The molecule has 0 atom stereocenters. The average Bonchev–Trinajstić information content (AvgIpc) is 2.84. The van der Waals surface area contributed by atoms with Gasteiger partial charge in [-0.3, -0.25) is 9.48 Å². The third-order valence-electron chi connectivity index (χ3n) is 3.63. The molecule has 0 spiro atoms. The smallest absolute Gasteiger partial charge is 0.317 e. The summed E-state index contributed by atoms with van der Waals surface area (Å²) in [5, 5.41) is 7.05. The SMILES string of the molecule is CC(=O)N1CCCN(C(=O)NCCCn2cccn2)CC1. The van der Waals surface area contributed by atoms with Crippen LogP contribution in [0.2, 0.25) is 0 Å². The van der Waals surface area contributed by atoms with E-state index in [1.54, 1.807) is 22.9 Å². The number of carbonyl (C=O) groups is 2. The van der Waals surface area contributed by atoms with Crippen LogP contribution in [-0.4, -0.2) is 64.2 Å². The molecule has 1 aromatic rings. The fourth-order valence-electron chi connectivity index (χ4n) is 2.42. The number of aromatic nitrogens is 2. The van der Waals surface area contributed by atoms with Crippen LogP contribution < -0.4 is 5.32 Å². The minimum atomic E-state index is -0.0409. The number of nitrogens with zero attached hydrogens (tertiary/aromatic N) is 4. The summed E-state index contributed by atoms with van der Waals surface area (Å²) in [5.74, 6) is 0.0801. The molecule has 1 saturated heterocycles. The predicted octanol–water partition coefficient (Wildman–Crippen LogP) is 0.537. The summed E-state index contributed by atoms with van der Waals surface area (Å²) in [5.41, 5.74) is 0. The third kappa shape index (κ3) is 4.77. The highest BCUT2D eigenvalue weighted by Crippen LogP contribution is 2.03. The average molecular weight is 293 g/mol. The van der Waals surface area contributed by atoms with Crippen molar-refractivity contribution in [2.75, 3.05) is 32.7 Å². The Morgan fingerprint density at radius 2 is 1.95 bits per heavy atom. The monoisotopic (exact) mass is 293 g/mol. The summed E-state index contributed by atoms with van der Waals surface area (Å²) >= 11 is 0. The second kappa shape index (κ2) is 7.66. The van der Waals surface area contributed by atoms with E-state index in [-0.39, 0.29) is 11.9 Å². The molecule has 3 amide bonds. The fraction of sp³-hybridized carbons (Fsp3) is 0.643. The van der Waals surface area contributed by atoms with Crippen molar-refractivity contribution in [2.24, 2.45) is 0 Å². The van der Waals surface area contributed by atoms with Gasteiger partial charge in [0.1, 0.15) is 0 Å². The summed E-state index contributed by atoms with van der Waals surface area (Å²) in [4.78, 5) is 27.0. The van der Waals surface area contributed by atoms with E-state index in [1.165, 1.54) is 0 Å². The number of urea groups is 1. The summed E-state index contributed by atoms with van der Waals surface area (Å²) in [7, 11) is 0. The fourth-order valence-corrected chi connectivity index (χ4v) is 2.42. The lowest BCUT2D eigenvalue weighted by Crippen LogP contribution is -2.42. The van der Waals surface area contributed by atoms with Crippen molar-refractivity contribution < 1.29 is 9.59 Å². The highest BCUT2D eigenvalue weighted by molar-refractivity contribution is 5.75. The Hall–Kier alpha value is -2.05. The summed E-state index contributed by atoms with van der Waals surface area (Å²) in [6.07, 6.45) is 5.34. The molecular weight excluding hydrogens is 270 g/mol. The molecule has 21 heavy (non-hydrogen) atoms. The Kier molecular flexibility index (Phi) is 5.59. The van der Waals surface area contributed by atoms with Gasteiger partial charge >= 0.3 is 6.03 Å². The van der Waals surface area contributed by atoms with Crippen LogP contribution in [0, 0.1) is 0 Å². The van der Waals surface area contributed by atoms with Crippen molar-refractivity contribution in [1.29, 1.82) is 0 Å². The van der Waals surface area contributed by atoms with Gasteiger partial charge in [0.2, 0.25) is 5.91 Å². The highest BCUT2D eigenvalue weighted by atomic mass is 16.2. The van der Waals surface area contributed by atoms with Crippen molar-refractivity contribution in [3.05, 3.63) is 18.5 Å². The van der Waals surface area contributed by atoms with Crippen LogP contribution in [0.15, 0.2) is 18.5 Å². The molecule has 7 heteroatoms.